The Kier molecular flexibility index (Phi) is 6.20. The van der Waals surface area contributed by atoms with E-state index in [1.807, 2.05) is 67.6 Å². The third-order valence-corrected chi connectivity index (χ3v) is 4.38. The lowest BCUT2D eigenvalue weighted by Gasteiger charge is -2.34. The Hall–Kier alpha value is -2.17. The average molecular weight is 340 g/mol. The molecule has 1 heterocycles. The molecule has 0 amide bonds. The van der Waals surface area contributed by atoms with Crippen LogP contribution < -0.4 is 0 Å². The first-order chi connectivity index (χ1) is 12.3. The Labute approximate surface area is 148 Å². The fourth-order valence-corrected chi connectivity index (χ4v) is 2.93. The smallest absolute Gasteiger partial charge is 0.338 e. The Morgan fingerprint density at radius 3 is 2.04 bits per heavy atom. The van der Waals surface area contributed by atoms with Crippen LogP contribution in [0.3, 0.4) is 0 Å². The van der Waals surface area contributed by atoms with Crippen molar-refractivity contribution < 1.29 is 19.0 Å². The van der Waals surface area contributed by atoms with Gasteiger partial charge in [0.2, 0.25) is 0 Å². The molecule has 0 radical (unpaired) electrons. The lowest BCUT2D eigenvalue weighted by molar-refractivity contribution is -0.195. The molecule has 0 N–H and O–H groups in total. The third kappa shape index (κ3) is 4.91. The summed E-state index contributed by atoms with van der Waals surface area (Å²) in [4.78, 5) is 12.4. The number of hydrogen-bond acceptors (Lipinski definition) is 4. The largest absolute Gasteiger partial charge is 0.460 e. The van der Waals surface area contributed by atoms with Crippen LogP contribution in [0.1, 0.15) is 30.9 Å². The predicted octanol–water partition coefficient (Wildman–Crippen LogP) is 3.88. The van der Waals surface area contributed by atoms with Gasteiger partial charge in [-0.05, 0) is 17.5 Å². The second kappa shape index (κ2) is 8.79. The van der Waals surface area contributed by atoms with Gasteiger partial charge in [-0.25, -0.2) is 4.79 Å². The van der Waals surface area contributed by atoms with Gasteiger partial charge in [-0.3, -0.25) is 0 Å². The van der Waals surface area contributed by atoms with Crippen molar-refractivity contribution in [2.45, 2.75) is 51.3 Å². The zero-order valence-corrected chi connectivity index (χ0v) is 14.5. The fourth-order valence-electron chi connectivity index (χ4n) is 2.93. The number of carbonyl (C=O) groups is 1. The molecule has 4 heteroatoms. The maximum absolute atomic E-state index is 12.4. The number of cyclic esters (lactones) is 1. The summed E-state index contributed by atoms with van der Waals surface area (Å²) in [7, 11) is 0. The maximum Gasteiger partial charge on any atom is 0.338 e. The summed E-state index contributed by atoms with van der Waals surface area (Å²) < 4.78 is 17.4. The minimum Gasteiger partial charge on any atom is -0.460 e. The van der Waals surface area contributed by atoms with E-state index < -0.39 is 6.10 Å². The summed E-state index contributed by atoms with van der Waals surface area (Å²) in [5.74, 6) is -0.327. The molecule has 1 saturated heterocycles. The molecular weight excluding hydrogens is 316 g/mol. The molecule has 0 unspecified atom stereocenters. The summed E-state index contributed by atoms with van der Waals surface area (Å²) in [6.07, 6.45) is 0.350. The van der Waals surface area contributed by atoms with Gasteiger partial charge in [0.15, 0.2) is 6.10 Å². The van der Waals surface area contributed by atoms with Crippen molar-refractivity contribution in [3.63, 3.8) is 0 Å². The summed E-state index contributed by atoms with van der Waals surface area (Å²) in [6, 6.07) is 19.8. The number of hydrogen-bond donors (Lipinski definition) is 0. The highest BCUT2D eigenvalue weighted by molar-refractivity contribution is 5.76. The van der Waals surface area contributed by atoms with E-state index in [4.69, 9.17) is 14.2 Å². The molecule has 3 rings (SSSR count). The van der Waals surface area contributed by atoms with Gasteiger partial charge >= 0.3 is 5.97 Å². The first kappa shape index (κ1) is 17.6. The van der Waals surface area contributed by atoms with E-state index in [2.05, 4.69) is 0 Å². The van der Waals surface area contributed by atoms with Crippen molar-refractivity contribution in [2.24, 2.45) is 0 Å². The highest BCUT2D eigenvalue weighted by Crippen LogP contribution is 2.25. The Balaban J connectivity index is 1.64. The predicted molar refractivity (Wildman–Crippen MR) is 94.8 cm³/mol. The highest BCUT2D eigenvalue weighted by Gasteiger charge is 2.39. The maximum atomic E-state index is 12.4. The molecule has 1 aliphatic heterocycles. The fraction of sp³-hybridized carbons (Fsp3) is 0.381. The normalized spacial score (nSPS) is 23.2. The van der Waals surface area contributed by atoms with Gasteiger partial charge in [-0.15, -0.1) is 0 Å². The van der Waals surface area contributed by atoms with Crippen LogP contribution >= 0.6 is 0 Å². The second-order valence-corrected chi connectivity index (χ2v) is 6.26. The number of benzene rings is 2. The summed E-state index contributed by atoms with van der Waals surface area (Å²) in [6.45, 7) is 2.83. The monoisotopic (exact) mass is 340 g/mol. The van der Waals surface area contributed by atoms with E-state index >= 15 is 0 Å². The number of carbonyl (C=O) groups excluding carboxylic acids is 1. The van der Waals surface area contributed by atoms with Crippen LogP contribution in [0.15, 0.2) is 60.7 Å². The molecule has 0 aliphatic carbocycles. The van der Waals surface area contributed by atoms with Gasteiger partial charge in [0.05, 0.1) is 19.3 Å². The zero-order valence-electron chi connectivity index (χ0n) is 14.5. The molecule has 0 spiro atoms. The average Bonchev–Trinajstić information content (AvgIpc) is 2.67. The molecule has 132 valence electrons. The highest BCUT2D eigenvalue weighted by atomic mass is 16.6. The van der Waals surface area contributed by atoms with E-state index in [1.54, 1.807) is 0 Å². The first-order valence-corrected chi connectivity index (χ1v) is 8.78. The van der Waals surface area contributed by atoms with Gasteiger partial charge in [0.25, 0.3) is 0 Å². The van der Waals surface area contributed by atoms with Gasteiger partial charge in [-0.1, -0.05) is 67.6 Å². The van der Waals surface area contributed by atoms with E-state index in [0.29, 0.717) is 19.6 Å². The van der Waals surface area contributed by atoms with Crippen LogP contribution in [0.2, 0.25) is 0 Å². The van der Waals surface area contributed by atoms with E-state index in [-0.39, 0.29) is 18.2 Å². The van der Waals surface area contributed by atoms with Crippen molar-refractivity contribution in [1.82, 2.24) is 0 Å². The molecule has 3 atom stereocenters. The lowest BCUT2D eigenvalue weighted by Crippen LogP contribution is -2.47. The van der Waals surface area contributed by atoms with Gasteiger partial charge in [0.1, 0.15) is 6.10 Å². The van der Waals surface area contributed by atoms with Crippen molar-refractivity contribution in [3.05, 3.63) is 71.8 Å². The summed E-state index contributed by atoms with van der Waals surface area (Å²) in [5, 5.41) is 0. The number of ether oxygens (including phenoxy) is 3. The Morgan fingerprint density at radius 2 is 1.48 bits per heavy atom. The first-order valence-electron chi connectivity index (χ1n) is 8.78. The van der Waals surface area contributed by atoms with Gasteiger partial charge in [0, 0.05) is 6.42 Å². The second-order valence-electron chi connectivity index (χ2n) is 6.26. The molecule has 0 bridgehead atoms. The minimum absolute atomic E-state index is 0.107. The number of esters is 1. The Bertz CT molecular complexity index is 656. The standard InChI is InChI=1S/C21H24O4/c1-2-18-13-19(23-14-16-9-5-3-6-10-16)20(21(22)25-18)24-15-17-11-7-4-8-12-17/h3-12,18-20H,2,13-15H2,1H3/t18-,19+,20+/m1/s1. The molecule has 1 fully saturated rings. The van der Waals surface area contributed by atoms with Crippen molar-refractivity contribution >= 4 is 5.97 Å². The molecule has 0 aromatic heterocycles. The topological polar surface area (TPSA) is 44.8 Å². The molecule has 1 aliphatic rings. The van der Waals surface area contributed by atoms with Crippen LogP contribution in [0.25, 0.3) is 0 Å². The Morgan fingerprint density at radius 1 is 0.920 bits per heavy atom. The SMILES string of the molecule is CC[C@@H]1C[C@H](OCc2ccccc2)[C@H](OCc2ccccc2)C(=O)O1. The quantitative estimate of drug-likeness (QED) is 0.718. The van der Waals surface area contributed by atoms with Crippen molar-refractivity contribution in [2.75, 3.05) is 0 Å². The van der Waals surface area contributed by atoms with Crippen LogP contribution in [-0.2, 0) is 32.2 Å². The molecule has 2 aromatic rings. The van der Waals surface area contributed by atoms with Crippen molar-refractivity contribution in [3.8, 4) is 0 Å². The lowest BCUT2D eigenvalue weighted by atomic mass is 10.0. The molecule has 2 aromatic carbocycles. The molecule has 25 heavy (non-hydrogen) atoms. The van der Waals surface area contributed by atoms with Crippen LogP contribution in [0.4, 0.5) is 0 Å². The number of rotatable bonds is 7. The van der Waals surface area contributed by atoms with Crippen molar-refractivity contribution in [1.29, 1.82) is 0 Å². The minimum atomic E-state index is -0.688. The van der Waals surface area contributed by atoms with E-state index in [0.717, 1.165) is 17.5 Å². The van der Waals surface area contributed by atoms with Crippen LogP contribution in [0.5, 0.6) is 0 Å². The summed E-state index contributed by atoms with van der Waals surface area (Å²) in [5.41, 5.74) is 2.10. The third-order valence-electron chi connectivity index (χ3n) is 4.38. The van der Waals surface area contributed by atoms with Gasteiger partial charge in [-0.2, -0.15) is 0 Å². The van der Waals surface area contributed by atoms with Gasteiger partial charge < -0.3 is 14.2 Å². The van der Waals surface area contributed by atoms with E-state index in [1.165, 1.54) is 0 Å². The molecule has 4 nitrogen and oxygen atoms in total. The molecule has 0 saturated carbocycles. The van der Waals surface area contributed by atoms with Crippen LogP contribution in [-0.4, -0.2) is 24.3 Å². The summed E-state index contributed by atoms with van der Waals surface area (Å²) >= 11 is 0. The molecular formula is C21H24O4. The zero-order chi connectivity index (χ0) is 17.5. The van der Waals surface area contributed by atoms with Crippen LogP contribution in [0, 0.1) is 0 Å². The van der Waals surface area contributed by atoms with E-state index in [9.17, 15) is 4.79 Å².